The molecule has 0 atom stereocenters. The standard InChI is InChI=1S/C9H14N4O4S/c14-4(15)2-1-3-18-9-12-6-5(7(16)13-9)10-8(17)11-6/h4,12,14-15,18H,1-3H2,(H,13,16)(H2,10,11,17). The number of aromatic amines is 4. The summed E-state index contributed by atoms with van der Waals surface area (Å²) in [6.07, 6.45) is -0.385. The van der Waals surface area contributed by atoms with Crippen LogP contribution in [0.1, 0.15) is 12.8 Å². The van der Waals surface area contributed by atoms with Crippen LogP contribution < -0.4 is 11.2 Å². The van der Waals surface area contributed by atoms with Crippen LogP contribution in [-0.2, 0) is 0 Å². The van der Waals surface area contributed by atoms with E-state index in [0.717, 1.165) is 11.4 Å². The zero-order valence-corrected chi connectivity index (χ0v) is 10.3. The van der Waals surface area contributed by atoms with Gasteiger partial charge in [0.2, 0.25) is 0 Å². The van der Waals surface area contributed by atoms with Gasteiger partial charge in [-0.05, 0) is 18.6 Å². The molecule has 0 aliphatic rings. The zero-order valence-electron chi connectivity index (χ0n) is 9.36. The molecule has 2 aromatic heterocycles. The van der Waals surface area contributed by atoms with Crippen LogP contribution in [0, 0.1) is 4.77 Å². The van der Waals surface area contributed by atoms with Crippen LogP contribution in [0.4, 0.5) is 0 Å². The minimum Gasteiger partial charge on any atom is -0.368 e. The van der Waals surface area contributed by atoms with Crippen LogP contribution in [0.3, 0.4) is 0 Å². The molecule has 0 radical (unpaired) electrons. The van der Waals surface area contributed by atoms with Crippen LogP contribution in [0.5, 0.6) is 0 Å². The lowest BCUT2D eigenvalue weighted by atomic mass is 10.3. The molecule has 2 rings (SSSR count). The van der Waals surface area contributed by atoms with Gasteiger partial charge in [0.25, 0.3) is 5.56 Å². The molecule has 0 spiro atoms. The third-order valence-electron chi connectivity index (χ3n) is 2.32. The highest BCUT2D eigenvalue weighted by atomic mass is 32.1. The highest BCUT2D eigenvalue weighted by Gasteiger charge is 2.02. The lowest BCUT2D eigenvalue weighted by Crippen LogP contribution is -2.08. The Hall–Kier alpha value is -1.58. The van der Waals surface area contributed by atoms with Gasteiger partial charge < -0.3 is 20.2 Å². The minimum absolute atomic E-state index is 0.185. The summed E-state index contributed by atoms with van der Waals surface area (Å²) in [5, 5.41) is 17.4. The number of aliphatic hydroxyl groups is 2. The lowest BCUT2D eigenvalue weighted by Gasteiger charge is -1.99. The second-order valence-electron chi connectivity index (χ2n) is 3.76. The van der Waals surface area contributed by atoms with Crippen LogP contribution in [0.25, 0.3) is 11.2 Å². The fourth-order valence-electron chi connectivity index (χ4n) is 1.51. The Morgan fingerprint density at radius 2 is 1.89 bits per heavy atom. The first kappa shape index (κ1) is 12.9. The number of thiol groups is 1. The molecule has 0 bridgehead atoms. The Labute approximate surface area is 104 Å². The molecule has 0 aromatic carbocycles. The molecule has 0 saturated carbocycles. The fourth-order valence-corrected chi connectivity index (χ4v) is 2.45. The van der Waals surface area contributed by atoms with Gasteiger partial charge in [0.1, 0.15) is 15.9 Å². The van der Waals surface area contributed by atoms with Gasteiger partial charge in [-0.2, -0.15) is 11.4 Å². The predicted molar refractivity (Wildman–Crippen MR) is 68.4 cm³/mol. The van der Waals surface area contributed by atoms with E-state index in [1.165, 1.54) is 0 Å². The van der Waals surface area contributed by atoms with E-state index in [2.05, 4.69) is 19.9 Å². The number of aliphatic hydroxyl groups excluding tert-OH is 1. The van der Waals surface area contributed by atoms with Crippen LogP contribution in [-0.4, -0.2) is 42.2 Å². The lowest BCUT2D eigenvalue weighted by molar-refractivity contribution is -0.0451. The number of aromatic nitrogens is 4. The number of hydrogen-bond donors (Lipinski definition) is 7. The van der Waals surface area contributed by atoms with Crippen LogP contribution in [0.2, 0.25) is 0 Å². The normalized spacial score (nSPS) is 13.2. The molecule has 0 aliphatic carbocycles. The van der Waals surface area contributed by atoms with Crippen molar-refractivity contribution in [2.75, 3.05) is 5.75 Å². The van der Waals surface area contributed by atoms with E-state index in [1.54, 1.807) is 0 Å². The summed E-state index contributed by atoms with van der Waals surface area (Å²) in [6, 6.07) is 0. The Morgan fingerprint density at radius 3 is 2.61 bits per heavy atom. The van der Waals surface area contributed by atoms with E-state index in [9.17, 15) is 9.59 Å². The number of rotatable bonds is 4. The van der Waals surface area contributed by atoms with Crippen molar-refractivity contribution in [2.24, 2.45) is 0 Å². The Morgan fingerprint density at radius 1 is 1.11 bits per heavy atom. The SMILES string of the molecule is O=c1[nH]c2[nH]c(=[SH]CCCC(O)O)[nH]c(=O)c2[nH]1. The molecule has 0 amide bonds. The van der Waals surface area contributed by atoms with E-state index in [1.807, 2.05) is 0 Å². The van der Waals surface area contributed by atoms with E-state index >= 15 is 0 Å². The van der Waals surface area contributed by atoms with Crippen molar-refractivity contribution in [3.63, 3.8) is 0 Å². The summed E-state index contributed by atoms with van der Waals surface area (Å²) >= 11 is 0.818. The van der Waals surface area contributed by atoms with E-state index in [-0.39, 0.29) is 11.1 Å². The van der Waals surface area contributed by atoms with Crippen molar-refractivity contribution in [2.45, 2.75) is 19.1 Å². The summed E-state index contributed by atoms with van der Waals surface area (Å²) in [7, 11) is 0. The molecular weight excluding hydrogens is 260 g/mol. The summed E-state index contributed by atoms with van der Waals surface area (Å²) in [4.78, 5) is 33.0. The zero-order chi connectivity index (χ0) is 13.1. The van der Waals surface area contributed by atoms with Gasteiger partial charge in [-0.1, -0.05) is 0 Å². The number of H-pyrrole nitrogens is 4. The summed E-state index contributed by atoms with van der Waals surface area (Å²) in [5.41, 5.74) is -0.270. The monoisotopic (exact) mass is 274 g/mol. The molecule has 18 heavy (non-hydrogen) atoms. The van der Waals surface area contributed by atoms with Gasteiger partial charge in [0.15, 0.2) is 6.29 Å². The minimum atomic E-state index is -1.30. The molecule has 9 heteroatoms. The first-order valence-electron chi connectivity index (χ1n) is 5.37. The Balaban J connectivity index is 2.26. The topological polar surface area (TPSA) is 138 Å². The number of nitrogens with one attached hydrogen (secondary N) is 4. The predicted octanol–water partition coefficient (Wildman–Crippen LogP) is -1.04. The first-order chi connectivity index (χ1) is 8.56. The van der Waals surface area contributed by atoms with E-state index < -0.39 is 12.0 Å². The highest BCUT2D eigenvalue weighted by Crippen LogP contribution is 2.02. The van der Waals surface area contributed by atoms with Crippen molar-refractivity contribution in [1.82, 2.24) is 19.9 Å². The van der Waals surface area contributed by atoms with Gasteiger partial charge in [0, 0.05) is 0 Å². The average molecular weight is 274 g/mol. The molecule has 0 aliphatic heterocycles. The highest BCUT2D eigenvalue weighted by molar-refractivity contribution is 7.91. The van der Waals surface area contributed by atoms with Crippen LogP contribution in [0.15, 0.2) is 9.59 Å². The van der Waals surface area contributed by atoms with Crippen molar-refractivity contribution >= 4 is 22.5 Å². The molecular formula is C9H14N4O4S. The molecule has 2 aromatic rings. The maximum absolute atomic E-state index is 11.6. The van der Waals surface area contributed by atoms with Gasteiger partial charge in [0.05, 0.1) is 0 Å². The average Bonchev–Trinajstić information content (AvgIpc) is 2.65. The van der Waals surface area contributed by atoms with Crippen molar-refractivity contribution < 1.29 is 10.2 Å². The number of fused-ring (bicyclic) bond motifs is 1. The fraction of sp³-hybridized carbons (Fsp3) is 0.444. The Kier molecular flexibility index (Phi) is 3.84. The van der Waals surface area contributed by atoms with Gasteiger partial charge in [-0.25, -0.2) is 4.79 Å². The van der Waals surface area contributed by atoms with Crippen molar-refractivity contribution in [3.05, 3.63) is 25.6 Å². The second kappa shape index (κ2) is 5.38. The van der Waals surface area contributed by atoms with Gasteiger partial charge in [-0.15, -0.1) is 0 Å². The molecule has 0 fully saturated rings. The number of hydrogen-bond acceptors (Lipinski definition) is 4. The van der Waals surface area contributed by atoms with Crippen LogP contribution >= 0.6 is 11.4 Å². The summed E-state index contributed by atoms with van der Waals surface area (Å²) in [5.74, 6) is 0.671. The molecule has 0 unspecified atom stereocenters. The summed E-state index contributed by atoms with van der Waals surface area (Å²) in [6.45, 7) is 0. The second-order valence-corrected chi connectivity index (χ2v) is 4.97. The Bertz CT molecular complexity index is 707. The molecule has 100 valence electrons. The van der Waals surface area contributed by atoms with E-state index in [0.29, 0.717) is 29.0 Å². The third-order valence-corrected chi connectivity index (χ3v) is 3.40. The molecule has 0 saturated heterocycles. The maximum Gasteiger partial charge on any atom is 0.325 e. The molecule has 2 heterocycles. The van der Waals surface area contributed by atoms with Crippen molar-refractivity contribution in [1.29, 1.82) is 0 Å². The van der Waals surface area contributed by atoms with Gasteiger partial charge >= 0.3 is 5.69 Å². The molecule has 8 nitrogen and oxygen atoms in total. The quantitative estimate of drug-likeness (QED) is 0.166. The van der Waals surface area contributed by atoms with E-state index in [4.69, 9.17) is 10.2 Å². The number of imidazole rings is 1. The smallest absolute Gasteiger partial charge is 0.325 e. The summed E-state index contributed by atoms with van der Waals surface area (Å²) < 4.78 is 0.565. The largest absolute Gasteiger partial charge is 0.368 e. The first-order valence-corrected chi connectivity index (χ1v) is 6.45. The third kappa shape index (κ3) is 3.00. The molecule has 6 N–H and O–H groups in total. The maximum atomic E-state index is 11.6. The van der Waals surface area contributed by atoms with Crippen molar-refractivity contribution in [3.8, 4) is 0 Å². The van der Waals surface area contributed by atoms with Gasteiger partial charge in [-0.3, -0.25) is 14.8 Å².